The van der Waals surface area contributed by atoms with Gasteiger partial charge in [-0.25, -0.2) is 0 Å². The molecule has 1 aromatic carbocycles. The van der Waals surface area contributed by atoms with Crippen molar-refractivity contribution in [3.63, 3.8) is 0 Å². The van der Waals surface area contributed by atoms with Crippen LogP contribution in [0, 0.1) is 13.8 Å². The number of amides is 2. The highest BCUT2D eigenvalue weighted by molar-refractivity contribution is 5.96. The summed E-state index contributed by atoms with van der Waals surface area (Å²) in [6.45, 7) is 5.38. The van der Waals surface area contributed by atoms with Gasteiger partial charge in [0.05, 0.1) is 24.5 Å². The van der Waals surface area contributed by atoms with E-state index in [0.29, 0.717) is 48.9 Å². The number of carbonyl (C=O) groups is 2. The van der Waals surface area contributed by atoms with Crippen LogP contribution in [0.5, 0.6) is 0 Å². The maximum Gasteiger partial charge on any atom is 0.272 e. The van der Waals surface area contributed by atoms with Gasteiger partial charge in [-0.1, -0.05) is 35.5 Å². The number of carbonyl (C=O) groups excluding carboxylic acids is 2. The average molecular weight is 379 g/mol. The van der Waals surface area contributed by atoms with Crippen molar-refractivity contribution >= 4 is 11.8 Å². The Labute approximate surface area is 162 Å². The molecule has 1 aliphatic rings. The fourth-order valence-electron chi connectivity index (χ4n) is 3.37. The third-order valence-corrected chi connectivity index (χ3v) is 4.86. The lowest BCUT2D eigenvalue weighted by Crippen LogP contribution is -2.38. The zero-order valence-electron chi connectivity index (χ0n) is 15.8. The zero-order chi connectivity index (χ0) is 19.7. The lowest BCUT2D eigenvalue weighted by molar-refractivity contribution is 0.0703. The number of nitrogens with one attached hydrogen (secondary N) is 1. The molecule has 144 valence electrons. The highest BCUT2D eigenvalue weighted by Crippen LogP contribution is 2.20. The summed E-state index contributed by atoms with van der Waals surface area (Å²) < 4.78 is 6.89. The van der Waals surface area contributed by atoms with Gasteiger partial charge in [0.2, 0.25) is 0 Å². The molecule has 1 N–H and O–H groups in total. The molecule has 0 saturated heterocycles. The van der Waals surface area contributed by atoms with Crippen LogP contribution in [0.3, 0.4) is 0 Å². The Hall–Kier alpha value is -3.42. The maximum atomic E-state index is 12.8. The molecule has 0 fully saturated rings. The van der Waals surface area contributed by atoms with Crippen molar-refractivity contribution in [2.75, 3.05) is 6.54 Å². The summed E-state index contributed by atoms with van der Waals surface area (Å²) in [7, 11) is 0. The van der Waals surface area contributed by atoms with Crippen molar-refractivity contribution in [1.82, 2.24) is 25.2 Å². The molecule has 3 heterocycles. The van der Waals surface area contributed by atoms with E-state index in [1.54, 1.807) is 29.5 Å². The summed E-state index contributed by atoms with van der Waals surface area (Å²) >= 11 is 0. The molecule has 0 unspecified atom stereocenters. The molecule has 8 nitrogen and oxygen atoms in total. The molecule has 1 aliphatic heterocycles. The van der Waals surface area contributed by atoms with E-state index in [1.165, 1.54) is 0 Å². The van der Waals surface area contributed by atoms with Gasteiger partial charge in [0, 0.05) is 13.1 Å². The van der Waals surface area contributed by atoms with Crippen LogP contribution in [0.2, 0.25) is 0 Å². The second-order valence-corrected chi connectivity index (χ2v) is 6.84. The van der Waals surface area contributed by atoms with Crippen molar-refractivity contribution in [2.45, 2.75) is 33.5 Å². The van der Waals surface area contributed by atoms with Crippen LogP contribution < -0.4 is 5.32 Å². The number of benzene rings is 1. The molecular weight excluding hydrogens is 358 g/mol. The third kappa shape index (κ3) is 3.40. The molecule has 0 bridgehead atoms. The van der Waals surface area contributed by atoms with E-state index in [1.807, 2.05) is 30.3 Å². The van der Waals surface area contributed by atoms with Gasteiger partial charge < -0.3 is 14.7 Å². The minimum Gasteiger partial charge on any atom is -0.361 e. The van der Waals surface area contributed by atoms with E-state index in [2.05, 4.69) is 15.6 Å². The molecule has 2 aromatic heterocycles. The zero-order valence-corrected chi connectivity index (χ0v) is 15.8. The predicted octanol–water partition coefficient (Wildman–Crippen LogP) is 2.07. The molecule has 0 atom stereocenters. The van der Waals surface area contributed by atoms with Crippen LogP contribution in [-0.4, -0.2) is 38.2 Å². The van der Waals surface area contributed by atoms with E-state index < -0.39 is 0 Å². The second-order valence-electron chi connectivity index (χ2n) is 6.84. The Balaban J connectivity index is 1.45. The summed E-state index contributed by atoms with van der Waals surface area (Å²) in [5, 5.41) is 11.1. The van der Waals surface area contributed by atoms with E-state index in [-0.39, 0.29) is 11.8 Å². The van der Waals surface area contributed by atoms with Crippen molar-refractivity contribution in [1.29, 1.82) is 0 Å². The van der Waals surface area contributed by atoms with E-state index in [4.69, 9.17) is 4.52 Å². The first-order valence-electron chi connectivity index (χ1n) is 9.14. The summed E-state index contributed by atoms with van der Waals surface area (Å²) in [4.78, 5) is 27.0. The first-order chi connectivity index (χ1) is 13.5. The molecule has 0 aliphatic carbocycles. The second kappa shape index (κ2) is 7.30. The largest absolute Gasteiger partial charge is 0.361 e. The fourth-order valence-corrected chi connectivity index (χ4v) is 3.37. The molecule has 4 rings (SSSR count). The molecule has 0 spiro atoms. The highest BCUT2D eigenvalue weighted by Gasteiger charge is 2.28. The van der Waals surface area contributed by atoms with Gasteiger partial charge in [-0.05, 0) is 25.5 Å². The topological polar surface area (TPSA) is 93.3 Å². The van der Waals surface area contributed by atoms with Crippen molar-refractivity contribution in [2.24, 2.45) is 0 Å². The normalized spacial score (nSPS) is 13.3. The van der Waals surface area contributed by atoms with Gasteiger partial charge >= 0.3 is 0 Å². The minimum atomic E-state index is -0.227. The van der Waals surface area contributed by atoms with Gasteiger partial charge in [-0.15, -0.1) is 0 Å². The van der Waals surface area contributed by atoms with E-state index >= 15 is 0 Å². The van der Waals surface area contributed by atoms with Crippen LogP contribution in [-0.2, 0) is 19.6 Å². The summed E-state index contributed by atoms with van der Waals surface area (Å²) in [5.41, 5.74) is 3.31. The van der Waals surface area contributed by atoms with Gasteiger partial charge in [0.25, 0.3) is 11.8 Å². The van der Waals surface area contributed by atoms with Crippen LogP contribution in [0.1, 0.15) is 43.6 Å². The Morgan fingerprint density at radius 3 is 2.68 bits per heavy atom. The molecule has 28 heavy (non-hydrogen) atoms. The smallest absolute Gasteiger partial charge is 0.272 e. The maximum absolute atomic E-state index is 12.8. The molecular formula is C20H21N5O3. The van der Waals surface area contributed by atoms with E-state index in [0.717, 1.165) is 11.3 Å². The number of fused-ring (bicyclic) bond motifs is 1. The van der Waals surface area contributed by atoms with Crippen molar-refractivity contribution < 1.29 is 14.1 Å². The Kier molecular flexibility index (Phi) is 4.68. The van der Waals surface area contributed by atoms with Crippen molar-refractivity contribution in [3.8, 4) is 0 Å². The molecule has 8 heteroatoms. The summed E-state index contributed by atoms with van der Waals surface area (Å²) in [6, 6.07) is 11.5. The van der Waals surface area contributed by atoms with Crippen LogP contribution in [0.4, 0.5) is 0 Å². The first kappa shape index (κ1) is 18.0. The molecule has 0 radical (unpaired) electrons. The standard InChI is InChI=1S/C20H21N5O3/c1-13-18(14(2)28-23-13)20(27)24-8-9-25-16(12-24)10-17(22-25)19(26)21-11-15-6-4-3-5-7-15/h3-7,10H,8-9,11-12H2,1-2H3,(H,21,26). The lowest BCUT2D eigenvalue weighted by atomic mass is 10.1. The van der Waals surface area contributed by atoms with Gasteiger partial charge in [0.1, 0.15) is 11.3 Å². The quantitative estimate of drug-likeness (QED) is 0.749. The minimum absolute atomic E-state index is 0.112. The monoisotopic (exact) mass is 379 g/mol. The van der Waals surface area contributed by atoms with Crippen LogP contribution >= 0.6 is 0 Å². The number of hydrogen-bond acceptors (Lipinski definition) is 5. The fraction of sp³-hybridized carbons (Fsp3) is 0.300. The average Bonchev–Trinajstić information content (AvgIpc) is 3.28. The SMILES string of the molecule is Cc1noc(C)c1C(=O)N1CCn2nc(C(=O)NCc3ccccc3)cc2C1. The Bertz CT molecular complexity index is 1000. The Morgan fingerprint density at radius 1 is 1.18 bits per heavy atom. The lowest BCUT2D eigenvalue weighted by Gasteiger charge is -2.27. The highest BCUT2D eigenvalue weighted by atomic mass is 16.5. The van der Waals surface area contributed by atoms with Gasteiger partial charge in [-0.2, -0.15) is 5.10 Å². The predicted molar refractivity (Wildman–Crippen MR) is 101 cm³/mol. The summed E-state index contributed by atoms with van der Waals surface area (Å²) in [6.07, 6.45) is 0. The number of aromatic nitrogens is 3. The van der Waals surface area contributed by atoms with Gasteiger partial charge in [-0.3, -0.25) is 14.3 Å². The van der Waals surface area contributed by atoms with Crippen LogP contribution in [0.15, 0.2) is 40.9 Å². The first-order valence-corrected chi connectivity index (χ1v) is 9.14. The molecule has 2 amide bonds. The Morgan fingerprint density at radius 2 is 1.96 bits per heavy atom. The summed E-state index contributed by atoms with van der Waals surface area (Å²) in [5.74, 6) is 0.177. The van der Waals surface area contributed by atoms with Gasteiger partial charge in [0.15, 0.2) is 5.69 Å². The van der Waals surface area contributed by atoms with Crippen molar-refractivity contribution in [3.05, 3.63) is 70.4 Å². The number of nitrogens with zero attached hydrogens (tertiary/aromatic N) is 4. The molecule has 0 saturated carbocycles. The number of rotatable bonds is 4. The third-order valence-electron chi connectivity index (χ3n) is 4.86. The van der Waals surface area contributed by atoms with E-state index in [9.17, 15) is 9.59 Å². The number of hydrogen-bond donors (Lipinski definition) is 1. The molecule has 3 aromatic rings. The van der Waals surface area contributed by atoms with Crippen LogP contribution in [0.25, 0.3) is 0 Å². The number of aryl methyl sites for hydroxylation is 2.